The number of halogens is 2. The van der Waals surface area contributed by atoms with Crippen molar-refractivity contribution in [1.82, 2.24) is 0 Å². The monoisotopic (exact) mass is 259 g/mol. The zero-order valence-corrected chi connectivity index (χ0v) is 10.9. The van der Waals surface area contributed by atoms with Crippen molar-refractivity contribution in [1.29, 1.82) is 0 Å². The Bertz CT molecular complexity index is 452. The molecule has 0 aromatic heterocycles. The second-order valence-electron chi connectivity index (χ2n) is 4.51. The highest BCUT2D eigenvalue weighted by Gasteiger charge is 2.20. The van der Waals surface area contributed by atoms with E-state index in [0.29, 0.717) is 0 Å². The fourth-order valence-corrected chi connectivity index (χ4v) is 1.70. The Morgan fingerprint density at radius 3 is 2.41 bits per heavy atom. The van der Waals surface area contributed by atoms with Crippen LogP contribution in [0.15, 0.2) is 28.7 Å². The van der Waals surface area contributed by atoms with E-state index in [1.165, 1.54) is 18.2 Å². The molecule has 0 spiro atoms. The Morgan fingerprint density at radius 1 is 1.35 bits per heavy atom. The molecular weight excluding hydrogens is 244 g/mol. The summed E-state index contributed by atoms with van der Waals surface area (Å²) >= 11 is 0. The van der Waals surface area contributed by atoms with Crippen LogP contribution in [0.4, 0.5) is 8.78 Å². The molecule has 0 radical (unpaired) electrons. The maximum atomic E-state index is 13.4. The van der Waals surface area contributed by atoms with Crippen molar-refractivity contribution in [2.75, 3.05) is 6.67 Å². The lowest BCUT2D eigenvalue weighted by atomic mass is 10.1. The van der Waals surface area contributed by atoms with Crippen molar-refractivity contribution in [2.45, 2.75) is 25.5 Å². The molecule has 0 fully saturated rings. The zero-order chi connectivity index (χ0) is 13.1. The van der Waals surface area contributed by atoms with Gasteiger partial charge in [-0.1, -0.05) is 18.2 Å². The Hall–Kier alpha value is -1.10. The lowest BCUT2D eigenvalue weighted by Gasteiger charge is -2.14. The molecule has 0 unspecified atom stereocenters. The molecule has 0 aliphatic heterocycles. The third-order valence-corrected chi connectivity index (χ3v) is 3.46. The molecule has 1 atom stereocenters. The van der Waals surface area contributed by atoms with E-state index >= 15 is 0 Å². The van der Waals surface area contributed by atoms with Crippen LogP contribution in [-0.2, 0) is 11.0 Å². The van der Waals surface area contributed by atoms with Crippen LogP contribution in [0.3, 0.4) is 0 Å². The molecule has 1 aromatic carbocycles. The fourth-order valence-electron chi connectivity index (χ4n) is 1.08. The van der Waals surface area contributed by atoms with E-state index in [9.17, 15) is 13.0 Å². The minimum atomic E-state index is -1.59. The van der Waals surface area contributed by atoms with Gasteiger partial charge in [0.1, 0.15) is 23.5 Å². The average Bonchev–Trinajstić information content (AvgIpc) is 2.25. The molecule has 2 nitrogen and oxygen atoms in total. The molecule has 0 amide bonds. The molecule has 0 heterocycles. The van der Waals surface area contributed by atoms with Crippen molar-refractivity contribution >= 4 is 16.7 Å². The van der Waals surface area contributed by atoms with Gasteiger partial charge in [-0.3, -0.25) is 0 Å². The van der Waals surface area contributed by atoms with Crippen LogP contribution in [0.5, 0.6) is 0 Å². The maximum Gasteiger partial charge on any atom is 0.145 e. The quantitative estimate of drug-likeness (QED) is 0.767. The van der Waals surface area contributed by atoms with Crippen LogP contribution in [-0.4, -0.2) is 21.3 Å². The SMILES string of the molecule is CC(C)(C)[S@@](=O)/N=C(/CF)c1ccccc1F. The first-order chi connectivity index (χ1) is 7.86. The van der Waals surface area contributed by atoms with Crippen molar-refractivity contribution in [3.63, 3.8) is 0 Å². The zero-order valence-electron chi connectivity index (χ0n) is 10.0. The van der Waals surface area contributed by atoms with Crippen LogP contribution in [0.1, 0.15) is 26.3 Å². The predicted molar refractivity (Wildman–Crippen MR) is 66.8 cm³/mol. The van der Waals surface area contributed by atoms with Gasteiger partial charge in [-0.2, -0.15) is 4.40 Å². The van der Waals surface area contributed by atoms with Gasteiger partial charge in [0.15, 0.2) is 0 Å². The molecule has 0 N–H and O–H groups in total. The number of alkyl halides is 1. The van der Waals surface area contributed by atoms with E-state index < -0.39 is 28.2 Å². The molecular formula is C12H15F2NOS. The second-order valence-corrected chi connectivity index (χ2v) is 6.42. The Kier molecular flexibility index (Phi) is 4.51. The van der Waals surface area contributed by atoms with E-state index in [1.54, 1.807) is 26.8 Å². The van der Waals surface area contributed by atoms with Gasteiger partial charge in [-0.15, -0.1) is 0 Å². The Labute approximate surface area is 102 Å². The van der Waals surface area contributed by atoms with Crippen molar-refractivity contribution < 1.29 is 13.0 Å². The second kappa shape index (κ2) is 5.49. The van der Waals surface area contributed by atoms with Crippen LogP contribution < -0.4 is 0 Å². The highest BCUT2D eigenvalue weighted by Crippen LogP contribution is 2.15. The summed E-state index contributed by atoms with van der Waals surface area (Å²) in [5.41, 5.74) is -0.0519. The molecule has 0 aliphatic carbocycles. The summed E-state index contributed by atoms with van der Waals surface area (Å²) < 4.78 is 41.2. The van der Waals surface area contributed by atoms with Crippen LogP contribution in [0.2, 0.25) is 0 Å². The van der Waals surface area contributed by atoms with E-state index in [2.05, 4.69) is 4.40 Å². The van der Waals surface area contributed by atoms with Gasteiger partial charge in [0, 0.05) is 5.56 Å². The summed E-state index contributed by atoms with van der Waals surface area (Å²) in [5, 5.41) is 0. The van der Waals surface area contributed by atoms with E-state index in [4.69, 9.17) is 0 Å². The summed E-state index contributed by atoms with van der Waals surface area (Å²) in [6, 6.07) is 5.74. The molecule has 1 aromatic rings. The van der Waals surface area contributed by atoms with Gasteiger partial charge in [0.2, 0.25) is 0 Å². The molecule has 0 aliphatic rings. The summed E-state index contributed by atoms with van der Waals surface area (Å²) in [6.45, 7) is 4.24. The Morgan fingerprint density at radius 2 is 1.94 bits per heavy atom. The van der Waals surface area contributed by atoms with Gasteiger partial charge in [0.05, 0.1) is 10.5 Å². The maximum absolute atomic E-state index is 13.4. The van der Waals surface area contributed by atoms with Crippen molar-refractivity contribution in [2.24, 2.45) is 4.40 Å². The minimum absolute atomic E-state index is 0.0626. The summed E-state index contributed by atoms with van der Waals surface area (Å²) in [5.74, 6) is -0.560. The van der Waals surface area contributed by atoms with E-state index in [1.807, 2.05) is 0 Å². The third-order valence-electron chi connectivity index (χ3n) is 2.03. The largest absolute Gasteiger partial charge is 0.244 e. The highest BCUT2D eigenvalue weighted by molar-refractivity contribution is 7.85. The first-order valence-corrected chi connectivity index (χ1v) is 6.27. The number of benzene rings is 1. The number of hydrogen-bond acceptors (Lipinski definition) is 1. The molecule has 0 saturated carbocycles. The first kappa shape index (κ1) is 14.0. The molecule has 0 saturated heterocycles. The molecule has 17 heavy (non-hydrogen) atoms. The van der Waals surface area contributed by atoms with Gasteiger partial charge in [-0.05, 0) is 26.8 Å². The number of nitrogens with zero attached hydrogens (tertiary/aromatic N) is 1. The summed E-state index contributed by atoms with van der Waals surface area (Å²) in [6.07, 6.45) is 0. The molecule has 0 bridgehead atoms. The summed E-state index contributed by atoms with van der Waals surface area (Å²) in [7, 11) is -1.59. The van der Waals surface area contributed by atoms with Crippen molar-refractivity contribution in [3.8, 4) is 0 Å². The predicted octanol–water partition coefficient (Wildman–Crippen LogP) is 3.05. The van der Waals surface area contributed by atoms with Gasteiger partial charge >= 0.3 is 0 Å². The fraction of sp³-hybridized carbons (Fsp3) is 0.417. The summed E-state index contributed by atoms with van der Waals surface area (Å²) in [4.78, 5) is 0. The van der Waals surface area contributed by atoms with Crippen LogP contribution >= 0.6 is 0 Å². The van der Waals surface area contributed by atoms with Gasteiger partial charge in [0.25, 0.3) is 0 Å². The normalized spacial score (nSPS) is 14.8. The third kappa shape index (κ3) is 3.70. The van der Waals surface area contributed by atoms with Crippen LogP contribution in [0.25, 0.3) is 0 Å². The lowest BCUT2D eigenvalue weighted by Crippen LogP contribution is -2.22. The number of rotatable bonds is 3. The van der Waals surface area contributed by atoms with E-state index in [-0.39, 0.29) is 11.3 Å². The average molecular weight is 259 g/mol. The van der Waals surface area contributed by atoms with E-state index in [0.717, 1.165) is 0 Å². The first-order valence-electron chi connectivity index (χ1n) is 5.16. The highest BCUT2D eigenvalue weighted by atomic mass is 32.2. The lowest BCUT2D eigenvalue weighted by molar-refractivity contribution is 0.576. The smallest absolute Gasteiger partial charge is 0.145 e. The molecule has 1 rings (SSSR count). The van der Waals surface area contributed by atoms with Gasteiger partial charge in [-0.25, -0.2) is 13.0 Å². The van der Waals surface area contributed by atoms with Crippen LogP contribution in [0, 0.1) is 5.82 Å². The van der Waals surface area contributed by atoms with Crippen molar-refractivity contribution in [3.05, 3.63) is 35.6 Å². The number of hydrogen-bond donors (Lipinski definition) is 0. The minimum Gasteiger partial charge on any atom is -0.244 e. The molecule has 94 valence electrons. The topological polar surface area (TPSA) is 29.4 Å². The Balaban J connectivity index is 3.13. The van der Waals surface area contributed by atoms with Gasteiger partial charge < -0.3 is 0 Å². The standard InChI is InChI=1S/C12H15F2NOS/c1-12(2,3)17(16)15-11(8-13)9-6-4-5-7-10(9)14/h4-7H,8H2,1-3H3/b15-11-/t17-/m1/s1. The molecule has 5 heteroatoms.